The molecule has 1 amide bonds. The van der Waals surface area contributed by atoms with Crippen molar-refractivity contribution in [1.82, 2.24) is 15.6 Å². The first kappa shape index (κ1) is 24.8. The first-order chi connectivity index (χ1) is 14.4. The van der Waals surface area contributed by atoms with Crippen molar-refractivity contribution in [2.45, 2.75) is 40.0 Å². The summed E-state index contributed by atoms with van der Waals surface area (Å²) in [5, 5.41) is 6.04. The van der Waals surface area contributed by atoms with Gasteiger partial charge in [-0.2, -0.15) is 0 Å². The zero-order chi connectivity index (χ0) is 22.4. The standard InChI is InChI=1S/C25H34N4O/c1-7-9-11-21(8-2)25(26-6)28-14-10-12-24(30)29-17-20(5)16-22-18-27-15-13-23(22)19(3)4/h7-11,13-16,18-19H,2,12,17H2,1,3-6H3,(H,26,28)(H,29,30)/b9-7-,14-10-,20-16+,21-11+. The van der Waals surface area contributed by atoms with Crippen LogP contribution >= 0.6 is 0 Å². The second-order valence-electron chi connectivity index (χ2n) is 7.10. The van der Waals surface area contributed by atoms with Crippen LogP contribution in [0.2, 0.25) is 0 Å². The number of amides is 1. The smallest absolute Gasteiger partial charge is 0.224 e. The number of nitrogens with zero attached hydrogens (tertiary/aromatic N) is 2. The summed E-state index contributed by atoms with van der Waals surface area (Å²) in [5.41, 5.74) is 4.30. The van der Waals surface area contributed by atoms with Gasteiger partial charge in [-0.1, -0.05) is 62.5 Å². The van der Waals surface area contributed by atoms with Gasteiger partial charge in [-0.15, -0.1) is 0 Å². The molecule has 0 radical (unpaired) electrons. The van der Waals surface area contributed by atoms with Gasteiger partial charge < -0.3 is 10.6 Å². The van der Waals surface area contributed by atoms with Crippen molar-refractivity contribution in [3.8, 4) is 0 Å². The maximum Gasteiger partial charge on any atom is 0.224 e. The van der Waals surface area contributed by atoms with Gasteiger partial charge in [0.05, 0.1) is 0 Å². The van der Waals surface area contributed by atoms with Gasteiger partial charge in [0.1, 0.15) is 5.84 Å². The monoisotopic (exact) mass is 406 g/mol. The molecule has 0 aliphatic heterocycles. The summed E-state index contributed by atoms with van der Waals surface area (Å²) in [6.45, 7) is 12.6. The Kier molecular flexibility index (Phi) is 11.5. The highest BCUT2D eigenvalue weighted by atomic mass is 16.1. The topological polar surface area (TPSA) is 66.4 Å². The number of aliphatic imine (C=N–C) groups is 1. The van der Waals surface area contributed by atoms with Gasteiger partial charge in [0, 0.05) is 38.0 Å². The predicted molar refractivity (Wildman–Crippen MR) is 128 cm³/mol. The minimum Gasteiger partial charge on any atom is -0.352 e. The van der Waals surface area contributed by atoms with E-state index in [1.807, 2.05) is 50.5 Å². The van der Waals surface area contributed by atoms with Crippen molar-refractivity contribution in [2.75, 3.05) is 13.6 Å². The van der Waals surface area contributed by atoms with E-state index in [-0.39, 0.29) is 12.3 Å². The third kappa shape index (κ3) is 8.86. The van der Waals surface area contributed by atoms with E-state index in [9.17, 15) is 4.79 Å². The molecular formula is C25H34N4O. The summed E-state index contributed by atoms with van der Waals surface area (Å²) < 4.78 is 0. The number of amidine groups is 1. The molecule has 30 heavy (non-hydrogen) atoms. The highest BCUT2D eigenvalue weighted by Gasteiger charge is 2.05. The van der Waals surface area contributed by atoms with Crippen LogP contribution in [0.4, 0.5) is 0 Å². The van der Waals surface area contributed by atoms with Crippen molar-refractivity contribution >= 4 is 17.8 Å². The fraction of sp³-hybridized carbons (Fsp3) is 0.320. The molecule has 0 aliphatic rings. The van der Waals surface area contributed by atoms with Gasteiger partial charge in [-0.05, 0) is 43.2 Å². The number of hydrogen-bond acceptors (Lipinski definition) is 3. The molecule has 1 aromatic heterocycles. The molecular weight excluding hydrogens is 372 g/mol. The summed E-state index contributed by atoms with van der Waals surface area (Å²) in [6, 6.07) is 2.04. The molecule has 0 unspecified atom stereocenters. The van der Waals surface area contributed by atoms with E-state index in [4.69, 9.17) is 0 Å². The first-order valence-electron chi connectivity index (χ1n) is 10.1. The maximum atomic E-state index is 12.1. The first-order valence-corrected chi connectivity index (χ1v) is 10.1. The minimum absolute atomic E-state index is 0.0422. The molecule has 2 N–H and O–H groups in total. The van der Waals surface area contributed by atoms with Gasteiger partial charge in [0.25, 0.3) is 0 Å². The molecule has 1 rings (SSSR count). The van der Waals surface area contributed by atoms with Crippen molar-refractivity contribution < 1.29 is 4.79 Å². The Hall–Kier alpha value is -3.21. The average molecular weight is 407 g/mol. The summed E-state index contributed by atoms with van der Waals surface area (Å²) in [6.07, 6.45) is 17.1. The zero-order valence-corrected chi connectivity index (χ0v) is 18.8. The number of carbonyl (C=O) groups excluding carboxylic acids is 1. The number of nitrogens with one attached hydrogen (secondary N) is 2. The Bertz CT molecular complexity index is 858. The Labute approximate surface area is 181 Å². The molecule has 1 heterocycles. The van der Waals surface area contributed by atoms with Crippen LogP contribution in [0, 0.1) is 0 Å². The van der Waals surface area contributed by atoms with Crippen LogP contribution in [-0.2, 0) is 4.79 Å². The lowest BCUT2D eigenvalue weighted by molar-refractivity contribution is -0.120. The summed E-state index contributed by atoms with van der Waals surface area (Å²) in [5.74, 6) is 1.07. The summed E-state index contributed by atoms with van der Waals surface area (Å²) >= 11 is 0. The third-order valence-corrected chi connectivity index (χ3v) is 4.30. The van der Waals surface area contributed by atoms with E-state index in [1.165, 1.54) is 5.56 Å². The molecule has 0 aliphatic carbocycles. The van der Waals surface area contributed by atoms with Crippen LogP contribution in [0.5, 0.6) is 0 Å². The highest BCUT2D eigenvalue weighted by molar-refractivity contribution is 6.01. The molecule has 0 aromatic carbocycles. The number of aromatic nitrogens is 1. The van der Waals surface area contributed by atoms with Gasteiger partial charge in [-0.3, -0.25) is 14.8 Å². The molecule has 0 fully saturated rings. The Morgan fingerprint density at radius 3 is 2.77 bits per heavy atom. The second-order valence-corrected chi connectivity index (χ2v) is 7.10. The Morgan fingerprint density at radius 2 is 2.13 bits per heavy atom. The molecule has 0 saturated carbocycles. The van der Waals surface area contributed by atoms with Gasteiger partial charge in [0.2, 0.25) is 5.91 Å². The average Bonchev–Trinajstić information content (AvgIpc) is 2.74. The van der Waals surface area contributed by atoms with Crippen LogP contribution in [0.15, 0.2) is 77.8 Å². The molecule has 5 nitrogen and oxygen atoms in total. The zero-order valence-electron chi connectivity index (χ0n) is 18.8. The molecule has 0 atom stereocenters. The van der Waals surface area contributed by atoms with E-state index in [2.05, 4.69) is 47.1 Å². The fourth-order valence-electron chi connectivity index (χ4n) is 2.71. The van der Waals surface area contributed by atoms with Gasteiger partial charge in [-0.25, -0.2) is 0 Å². The Morgan fingerprint density at radius 1 is 1.37 bits per heavy atom. The van der Waals surface area contributed by atoms with E-state index in [0.717, 1.165) is 16.7 Å². The third-order valence-electron chi connectivity index (χ3n) is 4.30. The lowest BCUT2D eigenvalue weighted by atomic mass is 9.98. The minimum atomic E-state index is -0.0422. The van der Waals surface area contributed by atoms with Gasteiger partial charge in [0.15, 0.2) is 0 Å². The quantitative estimate of drug-likeness (QED) is 0.329. The van der Waals surface area contributed by atoms with E-state index in [1.54, 1.807) is 25.4 Å². The van der Waals surface area contributed by atoms with Crippen molar-refractivity contribution in [3.05, 3.63) is 83.9 Å². The maximum absolute atomic E-state index is 12.1. The molecule has 1 aromatic rings. The van der Waals surface area contributed by atoms with Crippen LogP contribution in [0.25, 0.3) is 6.08 Å². The van der Waals surface area contributed by atoms with Crippen molar-refractivity contribution in [1.29, 1.82) is 0 Å². The van der Waals surface area contributed by atoms with Crippen LogP contribution in [-0.4, -0.2) is 30.3 Å². The van der Waals surface area contributed by atoms with E-state index < -0.39 is 0 Å². The fourth-order valence-corrected chi connectivity index (χ4v) is 2.71. The van der Waals surface area contributed by atoms with Crippen LogP contribution < -0.4 is 10.6 Å². The predicted octanol–water partition coefficient (Wildman–Crippen LogP) is 4.93. The lowest BCUT2D eigenvalue weighted by Crippen LogP contribution is -2.24. The number of allylic oxidation sites excluding steroid dienone is 3. The highest BCUT2D eigenvalue weighted by Crippen LogP contribution is 2.20. The Balaban J connectivity index is 2.56. The van der Waals surface area contributed by atoms with Gasteiger partial charge >= 0.3 is 0 Å². The normalized spacial score (nSPS) is 13.3. The number of pyridine rings is 1. The number of hydrogen-bond donors (Lipinski definition) is 2. The van der Waals surface area contributed by atoms with E-state index in [0.29, 0.717) is 18.3 Å². The molecule has 0 spiro atoms. The second kappa shape index (κ2) is 13.9. The summed E-state index contributed by atoms with van der Waals surface area (Å²) in [4.78, 5) is 20.5. The summed E-state index contributed by atoms with van der Waals surface area (Å²) in [7, 11) is 1.71. The van der Waals surface area contributed by atoms with Crippen LogP contribution in [0.1, 0.15) is 51.2 Å². The molecule has 0 saturated heterocycles. The molecule has 0 bridgehead atoms. The van der Waals surface area contributed by atoms with Crippen molar-refractivity contribution in [3.63, 3.8) is 0 Å². The van der Waals surface area contributed by atoms with E-state index >= 15 is 0 Å². The molecule has 5 heteroatoms. The largest absolute Gasteiger partial charge is 0.352 e. The molecule has 160 valence electrons. The number of carbonyl (C=O) groups is 1. The number of rotatable bonds is 10. The van der Waals surface area contributed by atoms with Crippen molar-refractivity contribution in [2.24, 2.45) is 4.99 Å². The lowest BCUT2D eigenvalue weighted by Gasteiger charge is -2.10. The SMILES string of the molecule is C=C/C(=C\C=C/C)C(=NC)N/C=C\CC(=O)NC/C(C)=C/c1cnccc1C(C)C. The van der Waals surface area contributed by atoms with Crippen LogP contribution in [0.3, 0.4) is 0 Å².